The lowest BCUT2D eigenvalue weighted by molar-refractivity contribution is -0.132. The Morgan fingerprint density at radius 3 is 3.05 bits per heavy atom. The first-order valence-corrected chi connectivity index (χ1v) is 7.30. The molecule has 1 N–H and O–H groups in total. The van der Waals surface area contributed by atoms with Gasteiger partial charge in [0.15, 0.2) is 0 Å². The maximum Gasteiger partial charge on any atom is 0.248 e. The van der Waals surface area contributed by atoms with Crippen molar-refractivity contribution >= 4 is 5.91 Å². The number of likely N-dealkylation sites (N-methyl/N-ethyl adjacent to an activating group) is 1. The fourth-order valence-electron chi connectivity index (χ4n) is 3.26. The van der Waals surface area contributed by atoms with E-state index in [1.807, 2.05) is 19.1 Å². The number of likely N-dealkylation sites (tertiary alicyclic amines) is 1. The van der Waals surface area contributed by atoms with E-state index in [1.165, 1.54) is 0 Å². The smallest absolute Gasteiger partial charge is 0.248 e. The zero-order valence-corrected chi connectivity index (χ0v) is 12.1. The summed E-state index contributed by atoms with van der Waals surface area (Å²) in [5, 5.41) is 2.68. The summed E-state index contributed by atoms with van der Waals surface area (Å²) in [4.78, 5) is 14.0. The minimum atomic E-state index is -0.263. The lowest BCUT2D eigenvalue weighted by atomic mass is 9.91. The van der Waals surface area contributed by atoms with Crippen LogP contribution >= 0.6 is 0 Å². The number of nitrogens with one attached hydrogen (secondary N) is 1. The molecule has 0 aromatic carbocycles. The minimum Gasteiger partial charge on any atom is -0.465 e. The van der Waals surface area contributed by atoms with Gasteiger partial charge < -0.3 is 14.5 Å². The molecule has 0 saturated carbocycles. The number of piperidine rings is 1. The van der Waals surface area contributed by atoms with Crippen LogP contribution in [-0.2, 0) is 16.1 Å². The van der Waals surface area contributed by atoms with E-state index in [0.717, 1.165) is 44.0 Å². The molecule has 0 radical (unpaired) electrons. The number of hydrogen-bond donors (Lipinski definition) is 1. The fourth-order valence-corrected chi connectivity index (χ4v) is 3.26. The number of rotatable bonds is 3. The topological polar surface area (TPSA) is 54.7 Å². The molecular formula is C15H22N2O3. The molecule has 2 aliphatic heterocycles. The second kappa shape index (κ2) is 5.58. The average Bonchev–Trinajstić information content (AvgIpc) is 3.03. The van der Waals surface area contributed by atoms with Crippen LogP contribution < -0.4 is 5.32 Å². The summed E-state index contributed by atoms with van der Waals surface area (Å²) in [6.07, 6.45) is 1.87. The molecule has 1 aromatic rings. The van der Waals surface area contributed by atoms with Crippen LogP contribution in [0.1, 0.15) is 24.4 Å². The number of amides is 1. The molecule has 2 fully saturated rings. The maximum atomic E-state index is 11.7. The normalized spacial score (nSPS) is 30.2. The van der Waals surface area contributed by atoms with Gasteiger partial charge in [-0.1, -0.05) is 0 Å². The van der Waals surface area contributed by atoms with Gasteiger partial charge in [0.1, 0.15) is 17.6 Å². The highest BCUT2D eigenvalue weighted by molar-refractivity contribution is 5.80. The van der Waals surface area contributed by atoms with Crippen LogP contribution in [0.15, 0.2) is 16.5 Å². The Morgan fingerprint density at radius 1 is 1.50 bits per heavy atom. The van der Waals surface area contributed by atoms with Crippen molar-refractivity contribution in [2.24, 2.45) is 5.92 Å². The number of fused-ring (bicyclic) bond motifs is 1. The molecule has 110 valence electrons. The van der Waals surface area contributed by atoms with Crippen molar-refractivity contribution in [3.05, 3.63) is 23.7 Å². The number of carbonyl (C=O) groups excluding carboxylic acids is 1. The van der Waals surface area contributed by atoms with Gasteiger partial charge in [0, 0.05) is 13.6 Å². The molecule has 5 nitrogen and oxygen atoms in total. The molecule has 0 aliphatic carbocycles. The van der Waals surface area contributed by atoms with Crippen molar-refractivity contribution in [2.45, 2.75) is 38.5 Å². The molecule has 1 amide bonds. The van der Waals surface area contributed by atoms with Crippen molar-refractivity contribution in [2.75, 3.05) is 20.1 Å². The second-order valence-corrected chi connectivity index (χ2v) is 5.81. The van der Waals surface area contributed by atoms with Crippen molar-refractivity contribution in [1.29, 1.82) is 0 Å². The van der Waals surface area contributed by atoms with Crippen LogP contribution in [0.5, 0.6) is 0 Å². The number of furan rings is 1. The lowest BCUT2D eigenvalue weighted by Gasteiger charge is -2.33. The molecule has 3 heterocycles. The van der Waals surface area contributed by atoms with E-state index in [1.54, 1.807) is 7.05 Å². The van der Waals surface area contributed by atoms with Crippen LogP contribution in [0.2, 0.25) is 0 Å². The number of nitrogens with zero attached hydrogens (tertiary/aromatic N) is 1. The monoisotopic (exact) mass is 278 g/mol. The van der Waals surface area contributed by atoms with E-state index >= 15 is 0 Å². The van der Waals surface area contributed by atoms with Gasteiger partial charge in [0.05, 0.1) is 12.6 Å². The maximum absolute atomic E-state index is 11.7. The zero-order valence-electron chi connectivity index (χ0n) is 12.1. The Morgan fingerprint density at radius 2 is 2.35 bits per heavy atom. The van der Waals surface area contributed by atoms with Crippen molar-refractivity contribution in [3.63, 3.8) is 0 Å². The summed E-state index contributed by atoms with van der Waals surface area (Å²) in [7, 11) is 1.67. The van der Waals surface area contributed by atoms with Gasteiger partial charge in [0.2, 0.25) is 5.91 Å². The van der Waals surface area contributed by atoms with Gasteiger partial charge in [-0.25, -0.2) is 0 Å². The molecule has 3 atom stereocenters. The highest BCUT2D eigenvalue weighted by atomic mass is 16.5. The Balaban J connectivity index is 1.57. The summed E-state index contributed by atoms with van der Waals surface area (Å²) in [5.41, 5.74) is 0. The summed E-state index contributed by atoms with van der Waals surface area (Å²) in [6, 6.07) is 4.03. The highest BCUT2D eigenvalue weighted by Crippen LogP contribution is 2.33. The Bertz CT molecular complexity index is 485. The van der Waals surface area contributed by atoms with Crippen molar-refractivity contribution in [3.8, 4) is 0 Å². The molecular weight excluding hydrogens is 256 g/mol. The third-order valence-corrected chi connectivity index (χ3v) is 4.35. The van der Waals surface area contributed by atoms with Gasteiger partial charge in [0.25, 0.3) is 0 Å². The van der Waals surface area contributed by atoms with E-state index < -0.39 is 0 Å². The summed E-state index contributed by atoms with van der Waals surface area (Å²) < 4.78 is 11.5. The van der Waals surface area contributed by atoms with Gasteiger partial charge in [-0.15, -0.1) is 0 Å². The van der Waals surface area contributed by atoms with Crippen molar-refractivity contribution < 1.29 is 13.9 Å². The lowest BCUT2D eigenvalue weighted by Crippen LogP contribution is -2.42. The Hall–Kier alpha value is -1.33. The predicted molar refractivity (Wildman–Crippen MR) is 74.2 cm³/mol. The molecule has 0 unspecified atom stereocenters. The van der Waals surface area contributed by atoms with Crippen LogP contribution in [0, 0.1) is 12.8 Å². The van der Waals surface area contributed by atoms with Crippen LogP contribution in [0.4, 0.5) is 0 Å². The molecule has 1 aromatic heterocycles. The molecule has 0 spiro atoms. The summed E-state index contributed by atoms with van der Waals surface area (Å²) in [5.74, 6) is 2.48. The van der Waals surface area contributed by atoms with Gasteiger partial charge in [-0.05, 0) is 44.4 Å². The third kappa shape index (κ3) is 2.74. The SMILES string of the molecule is CNC(=O)[C@H]1C[C@@H]2CCN(Cc3ccc(C)o3)C[C@H]2O1. The largest absolute Gasteiger partial charge is 0.465 e. The van der Waals surface area contributed by atoms with E-state index in [-0.39, 0.29) is 18.1 Å². The third-order valence-electron chi connectivity index (χ3n) is 4.35. The van der Waals surface area contributed by atoms with Gasteiger partial charge in [-0.3, -0.25) is 9.69 Å². The molecule has 3 rings (SSSR count). The Labute approximate surface area is 119 Å². The van der Waals surface area contributed by atoms with E-state index in [9.17, 15) is 4.79 Å². The van der Waals surface area contributed by atoms with Gasteiger partial charge >= 0.3 is 0 Å². The highest BCUT2D eigenvalue weighted by Gasteiger charge is 2.41. The number of ether oxygens (including phenoxy) is 1. The van der Waals surface area contributed by atoms with Crippen LogP contribution in [0.25, 0.3) is 0 Å². The quantitative estimate of drug-likeness (QED) is 0.906. The second-order valence-electron chi connectivity index (χ2n) is 5.81. The first-order chi connectivity index (χ1) is 9.65. The number of aryl methyl sites for hydroxylation is 1. The van der Waals surface area contributed by atoms with Crippen LogP contribution in [-0.4, -0.2) is 43.2 Å². The van der Waals surface area contributed by atoms with Crippen LogP contribution in [0.3, 0.4) is 0 Å². The number of carbonyl (C=O) groups is 1. The Kier molecular flexibility index (Phi) is 3.81. The predicted octanol–water partition coefficient (Wildman–Crippen LogP) is 1.31. The molecule has 5 heteroatoms. The first kappa shape index (κ1) is 13.6. The van der Waals surface area contributed by atoms with E-state index in [4.69, 9.17) is 9.15 Å². The molecule has 20 heavy (non-hydrogen) atoms. The van der Waals surface area contributed by atoms with E-state index in [0.29, 0.717) is 5.92 Å². The molecule has 2 aliphatic rings. The molecule has 0 bridgehead atoms. The average molecular weight is 278 g/mol. The minimum absolute atomic E-state index is 0.00705. The first-order valence-electron chi connectivity index (χ1n) is 7.30. The fraction of sp³-hybridized carbons (Fsp3) is 0.667. The summed E-state index contributed by atoms with van der Waals surface area (Å²) >= 11 is 0. The number of hydrogen-bond acceptors (Lipinski definition) is 4. The standard InChI is InChI=1S/C15H22N2O3/c1-10-3-4-12(19-10)8-17-6-5-11-7-13(15(18)16-2)20-14(11)9-17/h3-4,11,13-14H,5-9H2,1-2H3,(H,16,18)/t11-,13+,14+/m0/s1. The van der Waals surface area contributed by atoms with E-state index in [2.05, 4.69) is 10.2 Å². The molecule has 2 saturated heterocycles. The van der Waals surface area contributed by atoms with Gasteiger partial charge in [-0.2, -0.15) is 0 Å². The van der Waals surface area contributed by atoms with Crippen molar-refractivity contribution in [1.82, 2.24) is 10.2 Å². The summed E-state index contributed by atoms with van der Waals surface area (Å²) in [6.45, 7) is 4.72. The zero-order chi connectivity index (χ0) is 14.1.